The molecule has 0 spiro atoms. The van der Waals surface area contributed by atoms with E-state index < -0.39 is 0 Å². The van der Waals surface area contributed by atoms with Crippen LogP contribution in [0.1, 0.15) is 26.7 Å². The highest BCUT2D eigenvalue weighted by Crippen LogP contribution is 2.13. The standard InChI is InChI=1S/C19H29FN4O3.HI/c1-4-26-19(25)24-11-9-16(10-12-24)23-18(21-3)22-13-14(2)27-17-7-5-15(20)6-8-17;/h5-8,14,16H,4,9-13H2,1-3H3,(H2,21,22,23);1H. The highest BCUT2D eigenvalue weighted by Gasteiger charge is 2.24. The minimum atomic E-state index is -0.285. The van der Waals surface area contributed by atoms with Gasteiger partial charge in [-0.3, -0.25) is 4.99 Å². The number of carbonyl (C=O) groups excluding carboxylic acids is 1. The first-order chi connectivity index (χ1) is 13.0. The molecule has 7 nitrogen and oxygen atoms in total. The van der Waals surface area contributed by atoms with Gasteiger partial charge in [-0.1, -0.05) is 0 Å². The summed E-state index contributed by atoms with van der Waals surface area (Å²) in [5.41, 5.74) is 0. The molecule has 0 bridgehead atoms. The van der Waals surface area contributed by atoms with Gasteiger partial charge in [0.15, 0.2) is 5.96 Å². The average Bonchev–Trinajstić information content (AvgIpc) is 2.67. The molecule has 1 amide bonds. The average molecular weight is 508 g/mol. The second kappa shape index (κ2) is 12.6. The molecule has 1 atom stereocenters. The van der Waals surface area contributed by atoms with Crippen molar-refractivity contribution >= 4 is 36.0 Å². The number of nitrogens with zero attached hydrogens (tertiary/aromatic N) is 2. The molecule has 1 fully saturated rings. The molecule has 28 heavy (non-hydrogen) atoms. The molecule has 0 saturated carbocycles. The lowest BCUT2D eigenvalue weighted by Gasteiger charge is -2.32. The van der Waals surface area contributed by atoms with Crippen molar-refractivity contribution in [1.82, 2.24) is 15.5 Å². The maximum Gasteiger partial charge on any atom is 0.409 e. The molecule has 158 valence electrons. The van der Waals surface area contributed by atoms with Gasteiger partial charge in [-0.05, 0) is 51.0 Å². The van der Waals surface area contributed by atoms with E-state index in [1.165, 1.54) is 12.1 Å². The normalized spacial score (nSPS) is 16.0. The quantitative estimate of drug-likeness (QED) is 0.351. The Labute approximate surface area is 183 Å². The summed E-state index contributed by atoms with van der Waals surface area (Å²) in [6.07, 6.45) is 1.31. The fourth-order valence-electron chi connectivity index (χ4n) is 2.84. The second-order valence-electron chi connectivity index (χ2n) is 6.44. The molecule has 1 unspecified atom stereocenters. The first-order valence-corrected chi connectivity index (χ1v) is 9.33. The lowest BCUT2D eigenvalue weighted by atomic mass is 10.1. The zero-order chi connectivity index (χ0) is 19.6. The number of hydrogen-bond donors (Lipinski definition) is 2. The lowest BCUT2D eigenvalue weighted by molar-refractivity contribution is 0.0963. The van der Waals surface area contributed by atoms with Crippen LogP contribution in [0, 0.1) is 5.82 Å². The van der Waals surface area contributed by atoms with E-state index in [1.807, 2.05) is 13.8 Å². The van der Waals surface area contributed by atoms with Crippen molar-refractivity contribution in [2.24, 2.45) is 4.99 Å². The Morgan fingerprint density at radius 2 is 1.96 bits per heavy atom. The van der Waals surface area contributed by atoms with Crippen LogP contribution in [0.5, 0.6) is 5.75 Å². The van der Waals surface area contributed by atoms with Crippen molar-refractivity contribution in [2.75, 3.05) is 33.3 Å². The molecule has 0 radical (unpaired) electrons. The van der Waals surface area contributed by atoms with Crippen molar-refractivity contribution < 1.29 is 18.7 Å². The molecule has 0 aliphatic carbocycles. The third kappa shape index (κ3) is 8.07. The maximum absolute atomic E-state index is 12.9. The molecular formula is C19H30FIN4O3. The number of aliphatic imine (C=N–C) groups is 1. The van der Waals surface area contributed by atoms with Crippen molar-refractivity contribution in [3.63, 3.8) is 0 Å². The van der Waals surface area contributed by atoms with E-state index in [0.717, 1.165) is 12.8 Å². The summed E-state index contributed by atoms with van der Waals surface area (Å²) in [4.78, 5) is 17.7. The van der Waals surface area contributed by atoms with Crippen LogP contribution in [0.2, 0.25) is 0 Å². The second-order valence-corrected chi connectivity index (χ2v) is 6.44. The van der Waals surface area contributed by atoms with E-state index >= 15 is 0 Å². The van der Waals surface area contributed by atoms with Gasteiger partial charge in [-0.25, -0.2) is 9.18 Å². The number of rotatable bonds is 6. The van der Waals surface area contributed by atoms with Gasteiger partial charge in [0.2, 0.25) is 0 Å². The topological polar surface area (TPSA) is 75.2 Å². The van der Waals surface area contributed by atoms with E-state index in [4.69, 9.17) is 9.47 Å². The van der Waals surface area contributed by atoms with Crippen LogP contribution in [0.25, 0.3) is 0 Å². The Bertz CT molecular complexity index is 622. The van der Waals surface area contributed by atoms with Gasteiger partial charge < -0.3 is 25.0 Å². The Kier molecular flexibility index (Phi) is 10.9. The Hall–Kier alpha value is -1.78. The summed E-state index contributed by atoms with van der Waals surface area (Å²) in [6, 6.07) is 6.21. The Balaban J connectivity index is 0.00000392. The van der Waals surface area contributed by atoms with E-state index in [2.05, 4.69) is 15.6 Å². The molecule has 1 saturated heterocycles. The summed E-state index contributed by atoms with van der Waals surface area (Å²) in [6.45, 7) is 6.02. The number of likely N-dealkylation sites (tertiary alicyclic amines) is 1. The molecular weight excluding hydrogens is 478 g/mol. The number of hydrogen-bond acceptors (Lipinski definition) is 4. The zero-order valence-corrected chi connectivity index (χ0v) is 18.9. The van der Waals surface area contributed by atoms with E-state index in [1.54, 1.807) is 24.1 Å². The van der Waals surface area contributed by atoms with Gasteiger partial charge >= 0.3 is 6.09 Å². The monoisotopic (exact) mass is 508 g/mol. The van der Waals surface area contributed by atoms with Crippen molar-refractivity contribution in [2.45, 2.75) is 38.8 Å². The number of benzene rings is 1. The van der Waals surface area contributed by atoms with Crippen LogP contribution >= 0.6 is 24.0 Å². The number of nitrogens with one attached hydrogen (secondary N) is 2. The van der Waals surface area contributed by atoms with Gasteiger partial charge in [-0.2, -0.15) is 0 Å². The summed E-state index contributed by atoms with van der Waals surface area (Å²) in [5.74, 6) is 1.03. The molecule has 1 aromatic rings. The fraction of sp³-hybridized carbons (Fsp3) is 0.579. The van der Waals surface area contributed by atoms with Crippen LogP contribution in [0.15, 0.2) is 29.3 Å². The number of piperidine rings is 1. The SMILES string of the molecule is CCOC(=O)N1CCC(NC(=NC)NCC(C)Oc2ccc(F)cc2)CC1.I. The largest absolute Gasteiger partial charge is 0.489 e. The Morgan fingerprint density at radius 1 is 1.32 bits per heavy atom. The summed E-state index contributed by atoms with van der Waals surface area (Å²) >= 11 is 0. The third-order valence-corrected chi connectivity index (χ3v) is 4.29. The zero-order valence-electron chi connectivity index (χ0n) is 16.6. The van der Waals surface area contributed by atoms with E-state index in [-0.39, 0.29) is 48.0 Å². The predicted molar refractivity (Wildman–Crippen MR) is 118 cm³/mol. The minimum Gasteiger partial charge on any atom is -0.489 e. The molecule has 2 rings (SSSR count). The predicted octanol–water partition coefficient (Wildman–Crippen LogP) is 3.00. The summed E-state index contributed by atoms with van der Waals surface area (Å²) < 4.78 is 23.7. The molecule has 9 heteroatoms. The number of amides is 1. The van der Waals surface area contributed by atoms with Crippen LogP contribution in [0.4, 0.5) is 9.18 Å². The lowest BCUT2D eigenvalue weighted by Crippen LogP contribution is -2.50. The number of ether oxygens (including phenoxy) is 2. The van der Waals surface area contributed by atoms with Gasteiger partial charge in [-0.15, -0.1) is 24.0 Å². The third-order valence-electron chi connectivity index (χ3n) is 4.29. The van der Waals surface area contributed by atoms with Crippen LogP contribution in [-0.4, -0.2) is 62.4 Å². The number of halogens is 2. The highest BCUT2D eigenvalue weighted by molar-refractivity contribution is 14.0. The van der Waals surface area contributed by atoms with Crippen LogP contribution in [-0.2, 0) is 4.74 Å². The van der Waals surface area contributed by atoms with Crippen molar-refractivity contribution in [1.29, 1.82) is 0 Å². The minimum absolute atomic E-state index is 0. The highest BCUT2D eigenvalue weighted by atomic mass is 127. The first kappa shape index (κ1) is 24.3. The maximum atomic E-state index is 12.9. The van der Waals surface area contributed by atoms with Gasteiger partial charge in [0.05, 0.1) is 13.2 Å². The smallest absolute Gasteiger partial charge is 0.409 e. The van der Waals surface area contributed by atoms with Crippen molar-refractivity contribution in [3.8, 4) is 5.75 Å². The van der Waals surface area contributed by atoms with E-state index in [0.29, 0.717) is 38.0 Å². The summed E-state index contributed by atoms with van der Waals surface area (Å²) in [5, 5.41) is 6.62. The van der Waals surface area contributed by atoms with Crippen LogP contribution in [0.3, 0.4) is 0 Å². The molecule has 0 aromatic heterocycles. The van der Waals surface area contributed by atoms with Gasteiger partial charge in [0.1, 0.15) is 17.7 Å². The number of carbonyl (C=O) groups is 1. The molecule has 1 aromatic carbocycles. The fourth-order valence-corrected chi connectivity index (χ4v) is 2.84. The molecule has 1 aliphatic rings. The van der Waals surface area contributed by atoms with Crippen LogP contribution < -0.4 is 15.4 Å². The van der Waals surface area contributed by atoms with Gasteiger partial charge in [0, 0.05) is 26.2 Å². The Morgan fingerprint density at radius 3 is 2.54 bits per heavy atom. The van der Waals surface area contributed by atoms with E-state index in [9.17, 15) is 9.18 Å². The first-order valence-electron chi connectivity index (χ1n) is 9.33. The molecule has 2 N–H and O–H groups in total. The molecule has 1 heterocycles. The molecule has 1 aliphatic heterocycles. The van der Waals surface area contributed by atoms with Gasteiger partial charge in [0.25, 0.3) is 0 Å². The van der Waals surface area contributed by atoms with Crippen molar-refractivity contribution in [3.05, 3.63) is 30.1 Å². The number of guanidine groups is 1. The summed E-state index contributed by atoms with van der Waals surface area (Å²) in [7, 11) is 1.72.